The monoisotopic (exact) mass is 272 g/mol. The molecule has 2 aliphatic heterocycles. The van der Waals surface area contributed by atoms with Gasteiger partial charge < -0.3 is 19.6 Å². The highest BCUT2D eigenvalue weighted by Crippen LogP contribution is 2.29. The minimum Gasteiger partial charge on any atom is -0.441 e. The minimum atomic E-state index is -0.704. The lowest BCUT2D eigenvalue weighted by Gasteiger charge is -2.35. The predicted octanol–water partition coefficient (Wildman–Crippen LogP) is 1.43. The Kier molecular flexibility index (Phi) is 3.58. The number of hydrogen-bond acceptors (Lipinski definition) is 6. The average molecular weight is 272 g/mol. The molecule has 0 saturated carbocycles. The van der Waals surface area contributed by atoms with Gasteiger partial charge in [-0.15, -0.1) is 5.06 Å². The largest absolute Gasteiger partial charge is 0.528 e. The molecule has 2 rings (SSSR count). The summed E-state index contributed by atoms with van der Waals surface area (Å²) in [6, 6.07) is 0. The molecule has 0 aliphatic carbocycles. The SMILES string of the molecule is CC(C)(C)OC(=O)ON1CCC2(CC1)CNC(=O)O2. The van der Waals surface area contributed by atoms with Gasteiger partial charge in [-0.05, 0) is 20.8 Å². The van der Waals surface area contributed by atoms with Crippen LogP contribution in [0.15, 0.2) is 0 Å². The summed E-state index contributed by atoms with van der Waals surface area (Å²) in [6.07, 6.45) is 0.190. The molecular formula is C12H20N2O5. The highest BCUT2D eigenvalue weighted by molar-refractivity contribution is 5.70. The molecule has 2 heterocycles. The summed E-state index contributed by atoms with van der Waals surface area (Å²) in [6.45, 7) is 6.91. The third-order valence-corrected chi connectivity index (χ3v) is 3.09. The van der Waals surface area contributed by atoms with E-state index in [4.69, 9.17) is 14.3 Å². The third kappa shape index (κ3) is 3.73. The maximum atomic E-state index is 11.5. The number of hydroxylamine groups is 2. The van der Waals surface area contributed by atoms with Crippen LogP contribution in [-0.2, 0) is 14.3 Å². The number of alkyl carbamates (subject to hydrolysis) is 1. The first-order valence-electron chi connectivity index (χ1n) is 6.41. The first-order chi connectivity index (χ1) is 8.78. The van der Waals surface area contributed by atoms with E-state index >= 15 is 0 Å². The van der Waals surface area contributed by atoms with Crippen molar-refractivity contribution in [1.82, 2.24) is 10.4 Å². The molecule has 19 heavy (non-hydrogen) atoms. The first kappa shape index (κ1) is 13.9. The van der Waals surface area contributed by atoms with Crippen molar-refractivity contribution in [1.29, 1.82) is 0 Å². The fourth-order valence-corrected chi connectivity index (χ4v) is 2.14. The van der Waals surface area contributed by atoms with E-state index in [0.29, 0.717) is 32.5 Å². The molecule has 0 aromatic rings. The molecule has 7 nitrogen and oxygen atoms in total. The van der Waals surface area contributed by atoms with Gasteiger partial charge in [-0.25, -0.2) is 9.59 Å². The highest BCUT2D eigenvalue weighted by atomic mass is 16.8. The van der Waals surface area contributed by atoms with Crippen LogP contribution in [-0.4, -0.2) is 48.1 Å². The number of piperidine rings is 1. The summed E-state index contributed by atoms with van der Waals surface area (Å²) in [5, 5.41) is 4.20. The van der Waals surface area contributed by atoms with E-state index < -0.39 is 17.4 Å². The van der Waals surface area contributed by atoms with Crippen molar-refractivity contribution >= 4 is 12.2 Å². The van der Waals surface area contributed by atoms with E-state index in [9.17, 15) is 9.59 Å². The van der Waals surface area contributed by atoms with Gasteiger partial charge in [0, 0.05) is 25.9 Å². The maximum Gasteiger partial charge on any atom is 0.528 e. The summed E-state index contributed by atoms with van der Waals surface area (Å²) in [4.78, 5) is 27.7. The topological polar surface area (TPSA) is 77.1 Å². The van der Waals surface area contributed by atoms with Gasteiger partial charge in [0.05, 0.1) is 6.54 Å². The van der Waals surface area contributed by atoms with Crippen molar-refractivity contribution in [3.63, 3.8) is 0 Å². The number of nitrogens with zero attached hydrogens (tertiary/aromatic N) is 1. The number of carbonyl (C=O) groups excluding carboxylic acids is 2. The maximum absolute atomic E-state index is 11.5. The quantitative estimate of drug-likeness (QED) is 0.728. The molecule has 0 radical (unpaired) electrons. The Balaban J connectivity index is 1.78. The van der Waals surface area contributed by atoms with Gasteiger partial charge in [-0.2, -0.15) is 0 Å². The van der Waals surface area contributed by atoms with Crippen LogP contribution in [0, 0.1) is 0 Å². The third-order valence-electron chi connectivity index (χ3n) is 3.09. The molecule has 0 bridgehead atoms. The molecule has 2 aliphatic rings. The molecular weight excluding hydrogens is 252 g/mol. The van der Waals surface area contributed by atoms with Gasteiger partial charge in [0.1, 0.15) is 11.2 Å². The number of hydrogen-bond donors (Lipinski definition) is 1. The van der Waals surface area contributed by atoms with Crippen LogP contribution in [0.2, 0.25) is 0 Å². The Bertz CT molecular complexity index is 369. The average Bonchev–Trinajstić information content (AvgIpc) is 2.61. The Morgan fingerprint density at radius 1 is 1.37 bits per heavy atom. The lowest BCUT2D eigenvalue weighted by molar-refractivity contribution is -0.170. The second-order valence-corrected chi connectivity index (χ2v) is 5.91. The second-order valence-electron chi connectivity index (χ2n) is 5.91. The summed E-state index contributed by atoms with van der Waals surface area (Å²) >= 11 is 0. The van der Waals surface area contributed by atoms with Crippen LogP contribution in [0.4, 0.5) is 9.59 Å². The number of amides is 1. The normalized spacial score (nSPS) is 22.8. The summed E-state index contributed by atoms with van der Waals surface area (Å²) in [5.41, 5.74) is -1.01. The standard InChI is InChI=1S/C12H20N2O5/c1-11(2,3)18-10(16)19-14-6-4-12(5-7-14)8-13-9(15)17-12/h4-8H2,1-3H3,(H,13,15). The molecule has 0 unspecified atom stereocenters. The molecule has 108 valence electrons. The van der Waals surface area contributed by atoms with Gasteiger partial charge in [0.2, 0.25) is 0 Å². The van der Waals surface area contributed by atoms with Crippen LogP contribution in [0.25, 0.3) is 0 Å². The van der Waals surface area contributed by atoms with Gasteiger partial charge in [0.15, 0.2) is 0 Å². The molecule has 1 N–H and O–H groups in total. The Hall–Kier alpha value is -1.50. The van der Waals surface area contributed by atoms with Crippen LogP contribution >= 0.6 is 0 Å². The highest BCUT2D eigenvalue weighted by Gasteiger charge is 2.43. The zero-order chi connectivity index (χ0) is 14.1. The molecule has 2 fully saturated rings. The van der Waals surface area contributed by atoms with Crippen molar-refractivity contribution in [2.45, 2.75) is 44.8 Å². The molecule has 1 spiro atoms. The summed E-state index contributed by atoms with van der Waals surface area (Å²) < 4.78 is 10.3. The van der Waals surface area contributed by atoms with E-state index in [0.717, 1.165) is 0 Å². The molecule has 1 amide bonds. The Morgan fingerprint density at radius 2 is 2.00 bits per heavy atom. The van der Waals surface area contributed by atoms with Gasteiger partial charge in [0.25, 0.3) is 0 Å². The first-order valence-corrected chi connectivity index (χ1v) is 6.41. The molecule has 0 aromatic carbocycles. The Morgan fingerprint density at radius 3 is 2.47 bits per heavy atom. The second kappa shape index (κ2) is 4.88. The zero-order valence-electron chi connectivity index (χ0n) is 11.5. The van der Waals surface area contributed by atoms with E-state index in [1.165, 1.54) is 0 Å². The van der Waals surface area contributed by atoms with Gasteiger partial charge >= 0.3 is 12.2 Å². The van der Waals surface area contributed by atoms with E-state index in [1.807, 2.05) is 0 Å². The van der Waals surface area contributed by atoms with Crippen LogP contribution in [0.5, 0.6) is 0 Å². The minimum absolute atomic E-state index is 0.374. The number of ether oxygens (including phenoxy) is 2. The van der Waals surface area contributed by atoms with Crippen molar-refractivity contribution < 1.29 is 23.9 Å². The van der Waals surface area contributed by atoms with Crippen molar-refractivity contribution in [2.75, 3.05) is 19.6 Å². The molecule has 0 aromatic heterocycles. The van der Waals surface area contributed by atoms with Crippen molar-refractivity contribution in [3.05, 3.63) is 0 Å². The van der Waals surface area contributed by atoms with Crippen LogP contribution in [0.1, 0.15) is 33.6 Å². The van der Waals surface area contributed by atoms with Gasteiger partial charge in [-0.1, -0.05) is 0 Å². The molecule has 7 heteroatoms. The smallest absolute Gasteiger partial charge is 0.441 e. The van der Waals surface area contributed by atoms with E-state index in [1.54, 1.807) is 25.8 Å². The number of rotatable bonds is 1. The van der Waals surface area contributed by atoms with Crippen molar-refractivity contribution in [3.8, 4) is 0 Å². The number of nitrogens with one attached hydrogen (secondary N) is 1. The fraction of sp³-hybridized carbons (Fsp3) is 0.833. The Labute approximate surface area is 112 Å². The van der Waals surface area contributed by atoms with Crippen LogP contribution in [0.3, 0.4) is 0 Å². The van der Waals surface area contributed by atoms with Crippen LogP contribution < -0.4 is 5.32 Å². The molecule has 2 saturated heterocycles. The zero-order valence-corrected chi connectivity index (χ0v) is 11.5. The summed E-state index contributed by atoms with van der Waals surface area (Å²) in [5.74, 6) is 0. The predicted molar refractivity (Wildman–Crippen MR) is 65.3 cm³/mol. The fourth-order valence-electron chi connectivity index (χ4n) is 2.14. The number of carbonyl (C=O) groups is 2. The van der Waals surface area contributed by atoms with E-state index in [-0.39, 0.29) is 6.09 Å². The molecule has 0 atom stereocenters. The van der Waals surface area contributed by atoms with Gasteiger partial charge in [-0.3, -0.25) is 0 Å². The van der Waals surface area contributed by atoms with Crippen molar-refractivity contribution in [2.24, 2.45) is 0 Å². The summed E-state index contributed by atoms with van der Waals surface area (Å²) in [7, 11) is 0. The lowest BCUT2D eigenvalue weighted by atomic mass is 9.93. The van der Waals surface area contributed by atoms with E-state index in [2.05, 4.69) is 5.32 Å². The lowest BCUT2D eigenvalue weighted by Crippen LogP contribution is -2.47.